The molecule has 0 radical (unpaired) electrons. The van der Waals surface area contributed by atoms with Crippen LogP contribution in [0.5, 0.6) is 11.5 Å². The van der Waals surface area contributed by atoms with Crippen molar-refractivity contribution < 1.29 is 9.47 Å². The van der Waals surface area contributed by atoms with Gasteiger partial charge in [0, 0.05) is 12.0 Å². The molecule has 0 saturated heterocycles. The summed E-state index contributed by atoms with van der Waals surface area (Å²) in [5.74, 6) is 1.46. The van der Waals surface area contributed by atoms with E-state index in [0.717, 1.165) is 30.8 Å². The summed E-state index contributed by atoms with van der Waals surface area (Å²) in [5.41, 5.74) is 2.53. The first-order valence-corrected chi connectivity index (χ1v) is 6.39. The summed E-state index contributed by atoms with van der Waals surface area (Å²) in [6.07, 6.45) is 2.78. The molecule has 18 heavy (non-hydrogen) atoms. The average molecular weight is 238 g/mol. The summed E-state index contributed by atoms with van der Waals surface area (Å²) in [4.78, 5) is 0. The van der Waals surface area contributed by atoms with Crippen LogP contribution in [0.25, 0.3) is 0 Å². The number of hydrogen-bond donors (Lipinski definition) is 0. The van der Waals surface area contributed by atoms with Crippen LogP contribution in [0.2, 0.25) is 0 Å². The first-order valence-electron chi connectivity index (χ1n) is 6.39. The quantitative estimate of drug-likeness (QED) is 0.700. The summed E-state index contributed by atoms with van der Waals surface area (Å²) < 4.78 is 12.2. The second-order valence-electron chi connectivity index (χ2n) is 5.01. The van der Waals surface area contributed by atoms with Crippen LogP contribution in [-0.4, -0.2) is 5.79 Å². The number of rotatable bonds is 0. The summed E-state index contributed by atoms with van der Waals surface area (Å²) in [5, 5.41) is 0. The fourth-order valence-electron chi connectivity index (χ4n) is 2.86. The number of fused-ring (bicyclic) bond motifs is 2. The van der Waals surface area contributed by atoms with Crippen molar-refractivity contribution in [3.8, 4) is 11.5 Å². The Kier molecular flexibility index (Phi) is 1.95. The molecule has 2 heteroatoms. The Labute approximate surface area is 106 Å². The van der Waals surface area contributed by atoms with Crippen molar-refractivity contribution >= 4 is 0 Å². The molecule has 0 fully saturated rings. The van der Waals surface area contributed by atoms with Gasteiger partial charge in [-0.25, -0.2) is 0 Å². The minimum Gasteiger partial charge on any atom is -0.452 e. The molecular formula is C16H14O2. The van der Waals surface area contributed by atoms with Crippen molar-refractivity contribution in [3.05, 3.63) is 59.7 Å². The third-order valence-electron chi connectivity index (χ3n) is 3.77. The van der Waals surface area contributed by atoms with Gasteiger partial charge in [0.15, 0.2) is 0 Å². The first kappa shape index (κ1) is 10.0. The van der Waals surface area contributed by atoms with Gasteiger partial charge >= 0.3 is 0 Å². The molecule has 0 amide bonds. The van der Waals surface area contributed by atoms with Gasteiger partial charge < -0.3 is 9.47 Å². The summed E-state index contributed by atoms with van der Waals surface area (Å²) in [6.45, 7) is 0. The smallest absolute Gasteiger partial charge is 0.255 e. The van der Waals surface area contributed by atoms with E-state index in [1.54, 1.807) is 0 Å². The summed E-state index contributed by atoms with van der Waals surface area (Å²) in [7, 11) is 0. The van der Waals surface area contributed by atoms with E-state index < -0.39 is 5.79 Å². The predicted molar refractivity (Wildman–Crippen MR) is 68.9 cm³/mol. The largest absolute Gasteiger partial charge is 0.452 e. The molecule has 2 aromatic carbocycles. The van der Waals surface area contributed by atoms with E-state index in [-0.39, 0.29) is 0 Å². The topological polar surface area (TPSA) is 18.5 Å². The highest BCUT2D eigenvalue weighted by molar-refractivity contribution is 5.41. The molecule has 90 valence electrons. The lowest BCUT2D eigenvalue weighted by molar-refractivity contribution is -0.111. The second kappa shape index (κ2) is 3.52. The van der Waals surface area contributed by atoms with Crippen LogP contribution in [0.3, 0.4) is 0 Å². The maximum atomic E-state index is 6.14. The number of hydrogen-bond acceptors (Lipinski definition) is 2. The van der Waals surface area contributed by atoms with Crippen LogP contribution in [0.1, 0.15) is 17.5 Å². The van der Waals surface area contributed by atoms with Gasteiger partial charge in [-0.2, -0.15) is 0 Å². The monoisotopic (exact) mass is 238 g/mol. The zero-order chi connectivity index (χ0) is 12.0. The molecule has 2 heterocycles. The van der Waals surface area contributed by atoms with E-state index >= 15 is 0 Å². The normalized spacial score (nSPS) is 24.0. The van der Waals surface area contributed by atoms with Crippen molar-refractivity contribution in [2.75, 3.05) is 0 Å². The fraction of sp³-hybridized carbons (Fsp3) is 0.250. The fourth-order valence-corrected chi connectivity index (χ4v) is 2.86. The lowest BCUT2D eigenvalue weighted by Crippen LogP contribution is -2.43. The number of aryl methyl sites for hydroxylation is 1. The van der Waals surface area contributed by atoms with Crippen molar-refractivity contribution in [2.24, 2.45) is 0 Å². The molecule has 1 atom stereocenters. The lowest BCUT2D eigenvalue weighted by Gasteiger charge is -2.34. The van der Waals surface area contributed by atoms with E-state index in [1.807, 2.05) is 24.3 Å². The molecule has 0 bridgehead atoms. The molecule has 2 aliphatic heterocycles. The second-order valence-corrected chi connectivity index (χ2v) is 5.01. The minimum atomic E-state index is -0.474. The number of para-hydroxylation sites is 2. The predicted octanol–water partition coefficient (Wildman–Crippen LogP) is 3.34. The highest BCUT2D eigenvalue weighted by Gasteiger charge is 2.43. The highest BCUT2D eigenvalue weighted by atomic mass is 16.7. The molecule has 2 nitrogen and oxygen atoms in total. The van der Waals surface area contributed by atoms with Gasteiger partial charge in [0.1, 0.15) is 11.5 Å². The Hall–Kier alpha value is -1.96. The molecule has 0 aromatic heterocycles. The minimum absolute atomic E-state index is 0.474. The third-order valence-corrected chi connectivity index (χ3v) is 3.77. The zero-order valence-electron chi connectivity index (χ0n) is 10.1. The SMILES string of the molecule is c1ccc2c(c1)CC[C@]1(Cc3ccccc3O1)O2. The third kappa shape index (κ3) is 1.42. The standard InChI is InChI=1S/C16H14O2/c1-3-7-14-12(5-1)9-10-16(17-14)11-13-6-2-4-8-15(13)18-16/h1-8H,9-11H2/t16-/m0/s1. The van der Waals surface area contributed by atoms with E-state index in [0.29, 0.717) is 0 Å². The van der Waals surface area contributed by atoms with Crippen LogP contribution in [0, 0.1) is 0 Å². The lowest BCUT2D eigenvalue weighted by atomic mass is 9.96. The van der Waals surface area contributed by atoms with E-state index in [4.69, 9.17) is 9.47 Å². The molecular weight excluding hydrogens is 224 g/mol. The maximum Gasteiger partial charge on any atom is 0.255 e. The Morgan fingerprint density at radius 3 is 2.11 bits per heavy atom. The Morgan fingerprint density at radius 2 is 1.39 bits per heavy atom. The van der Waals surface area contributed by atoms with Crippen LogP contribution in [-0.2, 0) is 12.8 Å². The van der Waals surface area contributed by atoms with Crippen LogP contribution < -0.4 is 9.47 Å². The molecule has 0 unspecified atom stereocenters. The van der Waals surface area contributed by atoms with Gasteiger partial charge in [0.25, 0.3) is 5.79 Å². The Balaban J connectivity index is 1.70. The van der Waals surface area contributed by atoms with Crippen molar-refractivity contribution in [3.63, 3.8) is 0 Å². The highest BCUT2D eigenvalue weighted by Crippen LogP contribution is 2.42. The van der Waals surface area contributed by atoms with Gasteiger partial charge in [0.2, 0.25) is 0 Å². The Bertz CT molecular complexity index is 579. The van der Waals surface area contributed by atoms with Crippen LogP contribution in [0.4, 0.5) is 0 Å². The Morgan fingerprint density at radius 1 is 0.778 bits per heavy atom. The van der Waals surface area contributed by atoms with Gasteiger partial charge in [0.05, 0.1) is 6.42 Å². The van der Waals surface area contributed by atoms with Gasteiger partial charge in [-0.15, -0.1) is 0 Å². The average Bonchev–Trinajstić information content (AvgIpc) is 2.76. The maximum absolute atomic E-state index is 6.14. The van der Waals surface area contributed by atoms with E-state index in [1.165, 1.54) is 11.1 Å². The molecule has 4 rings (SSSR count). The first-order chi connectivity index (χ1) is 8.85. The molecule has 1 spiro atoms. The molecule has 2 aliphatic rings. The van der Waals surface area contributed by atoms with E-state index in [2.05, 4.69) is 24.3 Å². The van der Waals surface area contributed by atoms with Crippen molar-refractivity contribution in [1.82, 2.24) is 0 Å². The zero-order valence-corrected chi connectivity index (χ0v) is 10.1. The summed E-state index contributed by atoms with van der Waals surface area (Å²) >= 11 is 0. The molecule has 0 aliphatic carbocycles. The molecule has 0 saturated carbocycles. The van der Waals surface area contributed by atoms with Crippen molar-refractivity contribution in [1.29, 1.82) is 0 Å². The molecule has 2 aromatic rings. The molecule has 0 N–H and O–H groups in total. The number of benzene rings is 2. The number of ether oxygens (including phenoxy) is 2. The van der Waals surface area contributed by atoms with Gasteiger partial charge in [-0.3, -0.25) is 0 Å². The van der Waals surface area contributed by atoms with Gasteiger partial charge in [-0.1, -0.05) is 36.4 Å². The summed E-state index contributed by atoms with van der Waals surface area (Å²) in [6, 6.07) is 16.4. The van der Waals surface area contributed by atoms with Crippen LogP contribution in [0.15, 0.2) is 48.5 Å². The van der Waals surface area contributed by atoms with Crippen LogP contribution >= 0.6 is 0 Å². The van der Waals surface area contributed by atoms with Gasteiger partial charge in [-0.05, 0) is 24.1 Å². The van der Waals surface area contributed by atoms with E-state index in [9.17, 15) is 0 Å². The van der Waals surface area contributed by atoms with Crippen molar-refractivity contribution in [2.45, 2.75) is 25.0 Å².